The third-order valence-electron chi connectivity index (χ3n) is 3.76. The number of halogens is 1. The molecule has 1 aliphatic rings. The van der Waals surface area contributed by atoms with Crippen molar-refractivity contribution in [3.8, 4) is 5.69 Å². The number of fused-ring (bicyclic) bond motifs is 1. The highest BCUT2D eigenvalue weighted by atomic mass is 79.9. The minimum atomic E-state index is 0.679. The zero-order valence-corrected chi connectivity index (χ0v) is 12.5. The summed E-state index contributed by atoms with van der Waals surface area (Å²) in [4.78, 5) is 4.55. The molecule has 0 saturated heterocycles. The predicted octanol–water partition coefficient (Wildman–Crippen LogP) is 3.01. The first-order valence-corrected chi connectivity index (χ1v) is 7.63. The van der Waals surface area contributed by atoms with Gasteiger partial charge in [0.1, 0.15) is 0 Å². The van der Waals surface area contributed by atoms with Crippen LogP contribution in [-0.4, -0.2) is 16.1 Å². The predicted molar refractivity (Wildman–Crippen MR) is 80.7 cm³/mol. The minimum Gasteiger partial charge on any atom is -0.330 e. The molecule has 4 heteroatoms. The molecule has 0 saturated carbocycles. The SMILES string of the molecule is NCCc1ccc(-n2cnc3c2CCCC3)cc1Br. The molecule has 0 unspecified atom stereocenters. The van der Waals surface area contributed by atoms with Crippen LogP contribution >= 0.6 is 15.9 Å². The van der Waals surface area contributed by atoms with Crippen LogP contribution in [0, 0.1) is 0 Å². The van der Waals surface area contributed by atoms with Gasteiger partial charge >= 0.3 is 0 Å². The fourth-order valence-corrected chi connectivity index (χ4v) is 3.30. The molecular weight excluding hydrogens is 302 g/mol. The highest BCUT2D eigenvalue weighted by Gasteiger charge is 2.16. The van der Waals surface area contributed by atoms with Crippen molar-refractivity contribution in [3.63, 3.8) is 0 Å². The Kier molecular flexibility index (Phi) is 3.71. The van der Waals surface area contributed by atoms with Crippen LogP contribution in [0.15, 0.2) is 29.0 Å². The second-order valence-corrected chi connectivity index (χ2v) is 5.88. The van der Waals surface area contributed by atoms with Crippen LogP contribution in [0.5, 0.6) is 0 Å². The summed E-state index contributed by atoms with van der Waals surface area (Å²) in [5, 5.41) is 0. The number of nitrogens with two attached hydrogens (primary N) is 1. The summed E-state index contributed by atoms with van der Waals surface area (Å²) in [6.45, 7) is 0.679. The van der Waals surface area contributed by atoms with Gasteiger partial charge in [-0.2, -0.15) is 0 Å². The third kappa shape index (κ3) is 2.47. The maximum Gasteiger partial charge on any atom is 0.0997 e. The monoisotopic (exact) mass is 319 g/mol. The summed E-state index contributed by atoms with van der Waals surface area (Å²) in [6, 6.07) is 6.48. The van der Waals surface area contributed by atoms with Gasteiger partial charge in [-0.15, -0.1) is 0 Å². The first-order valence-electron chi connectivity index (χ1n) is 6.83. The normalized spacial score (nSPS) is 14.4. The average Bonchev–Trinajstić information content (AvgIpc) is 2.85. The maximum absolute atomic E-state index is 5.62. The van der Waals surface area contributed by atoms with E-state index in [2.05, 4.69) is 43.7 Å². The summed E-state index contributed by atoms with van der Waals surface area (Å²) in [7, 11) is 0. The van der Waals surface area contributed by atoms with E-state index in [0.29, 0.717) is 6.54 Å². The Morgan fingerprint density at radius 3 is 2.89 bits per heavy atom. The number of nitrogens with zero attached hydrogens (tertiary/aromatic N) is 2. The molecule has 2 aromatic rings. The fraction of sp³-hybridized carbons (Fsp3) is 0.400. The van der Waals surface area contributed by atoms with Crippen LogP contribution in [0.3, 0.4) is 0 Å². The van der Waals surface area contributed by atoms with E-state index in [1.165, 1.54) is 35.5 Å². The highest BCUT2D eigenvalue weighted by Crippen LogP contribution is 2.26. The Morgan fingerprint density at radius 2 is 2.11 bits per heavy atom. The number of rotatable bonds is 3. The van der Waals surface area contributed by atoms with Crippen LogP contribution in [-0.2, 0) is 19.3 Å². The summed E-state index contributed by atoms with van der Waals surface area (Å²) in [6.07, 6.45) is 7.66. The third-order valence-corrected chi connectivity index (χ3v) is 4.50. The van der Waals surface area contributed by atoms with Crippen LogP contribution in [0.2, 0.25) is 0 Å². The molecule has 3 rings (SSSR count). The number of aromatic nitrogens is 2. The van der Waals surface area contributed by atoms with Gasteiger partial charge in [0, 0.05) is 15.9 Å². The molecule has 0 aliphatic heterocycles. The molecule has 0 radical (unpaired) electrons. The summed E-state index contributed by atoms with van der Waals surface area (Å²) >= 11 is 3.64. The van der Waals surface area contributed by atoms with Crippen molar-refractivity contribution >= 4 is 15.9 Å². The van der Waals surface area contributed by atoms with Gasteiger partial charge in [0.05, 0.1) is 12.0 Å². The van der Waals surface area contributed by atoms with Crippen molar-refractivity contribution in [1.82, 2.24) is 9.55 Å². The molecule has 1 aromatic carbocycles. The summed E-state index contributed by atoms with van der Waals surface area (Å²) < 4.78 is 3.36. The molecular formula is C15H18BrN3. The molecule has 0 atom stereocenters. The molecule has 3 nitrogen and oxygen atoms in total. The van der Waals surface area contributed by atoms with Crippen LogP contribution < -0.4 is 5.73 Å². The zero-order chi connectivity index (χ0) is 13.2. The summed E-state index contributed by atoms with van der Waals surface area (Å²) in [5.41, 5.74) is 10.7. The number of hydrogen-bond acceptors (Lipinski definition) is 2. The molecule has 0 amide bonds. The number of aryl methyl sites for hydroxylation is 1. The van der Waals surface area contributed by atoms with Gasteiger partial charge in [0.25, 0.3) is 0 Å². The number of benzene rings is 1. The Balaban J connectivity index is 1.98. The Morgan fingerprint density at radius 1 is 1.26 bits per heavy atom. The average molecular weight is 320 g/mol. The lowest BCUT2D eigenvalue weighted by molar-refractivity contribution is 0.656. The molecule has 1 heterocycles. The van der Waals surface area contributed by atoms with Crippen molar-refractivity contribution < 1.29 is 0 Å². The van der Waals surface area contributed by atoms with Gasteiger partial charge in [-0.3, -0.25) is 0 Å². The van der Waals surface area contributed by atoms with Crippen LogP contribution in [0.25, 0.3) is 5.69 Å². The first-order chi connectivity index (χ1) is 9.29. The smallest absolute Gasteiger partial charge is 0.0997 e. The van der Waals surface area contributed by atoms with E-state index in [1.807, 2.05) is 6.33 Å². The largest absolute Gasteiger partial charge is 0.330 e. The second kappa shape index (κ2) is 5.47. The van der Waals surface area contributed by atoms with E-state index in [4.69, 9.17) is 5.73 Å². The summed E-state index contributed by atoms with van der Waals surface area (Å²) in [5.74, 6) is 0. The Hall–Kier alpha value is -1.13. The van der Waals surface area contributed by atoms with Gasteiger partial charge in [0.15, 0.2) is 0 Å². The van der Waals surface area contributed by atoms with Gasteiger partial charge < -0.3 is 10.3 Å². The highest BCUT2D eigenvalue weighted by molar-refractivity contribution is 9.10. The van der Waals surface area contributed by atoms with E-state index in [-0.39, 0.29) is 0 Å². The Bertz CT molecular complexity index is 589. The van der Waals surface area contributed by atoms with Gasteiger partial charge in [0.2, 0.25) is 0 Å². The van der Waals surface area contributed by atoms with E-state index in [1.54, 1.807) is 0 Å². The Labute approximate surface area is 122 Å². The lowest BCUT2D eigenvalue weighted by Gasteiger charge is -2.15. The van der Waals surface area contributed by atoms with E-state index >= 15 is 0 Å². The molecule has 0 spiro atoms. The standard InChI is InChI=1S/C15H18BrN3/c16-13-9-12(6-5-11(13)7-8-17)19-10-18-14-3-1-2-4-15(14)19/h5-6,9-10H,1-4,7-8,17H2. The zero-order valence-electron chi connectivity index (χ0n) is 10.9. The molecule has 19 heavy (non-hydrogen) atoms. The minimum absolute atomic E-state index is 0.679. The maximum atomic E-state index is 5.62. The van der Waals surface area contributed by atoms with Crippen LogP contribution in [0.1, 0.15) is 29.8 Å². The molecule has 100 valence electrons. The van der Waals surface area contributed by atoms with Crippen molar-refractivity contribution in [2.24, 2.45) is 5.73 Å². The van der Waals surface area contributed by atoms with Gasteiger partial charge in [-0.25, -0.2) is 4.98 Å². The first kappa shape index (κ1) is 12.9. The van der Waals surface area contributed by atoms with E-state index in [9.17, 15) is 0 Å². The van der Waals surface area contributed by atoms with Crippen molar-refractivity contribution in [2.45, 2.75) is 32.1 Å². The fourth-order valence-electron chi connectivity index (χ4n) is 2.74. The van der Waals surface area contributed by atoms with Gasteiger partial charge in [-0.1, -0.05) is 22.0 Å². The topological polar surface area (TPSA) is 43.8 Å². The number of hydrogen-bond donors (Lipinski definition) is 1. The second-order valence-electron chi connectivity index (χ2n) is 5.03. The molecule has 0 bridgehead atoms. The van der Waals surface area contributed by atoms with E-state index < -0.39 is 0 Å². The number of imidazole rings is 1. The molecule has 2 N–H and O–H groups in total. The van der Waals surface area contributed by atoms with Crippen molar-refractivity contribution in [3.05, 3.63) is 46.0 Å². The van der Waals surface area contributed by atoms with Crippen molar-refractivity contribution in [1.29, 1.82) is 0 Å². The quantitative estimate of drug-likeness (QED) is 0.945. The molecule has 1 aliphatic carbocycles. The van der Waals surface area contributed by atoms with Crippen LogP contribution in [0.4, 0.5) is 0 Å². The lowest BCUT2D eigenvalue weighted by Crippen LogP contribution is -2.07. The van der Waals surface area contributed by atoms with Gasteiger partial charge in [-0.05, 0) is 56.3 Å². The molecule has 0 fully saturated rings. The van der Waals surface area contributed by atoms with Crippen molar-refractivity contribution in [2.75, 3.05) is 6.54 Å². The molecule has 1 aromatic heterocycles. The lowest BCUT2D eigenvalue weighted by atomic mass is 10.0. The van der Waals surface area contributed by atoms with E-state index in [0.717, 1.165) is 23.7 Å².